The largest absolute Gasteiger partial charge is 0.497 e. The quantitative estimate of drug-likeness (QED) is 0.347. The number of ether oxygens (including phenoxy) is 1. The lowest BCUT2D eigenvalue weighted by Crippen LogP contribution is -2.00. The van der Waals surface area contributed by atoms with Crippen LogP contribution in [0.25, 0.3) is 33.4 Å². The lowest BCUT2D eigenvalue weighted by atomic mass is 10.0. The molecule has 0 aliphatic rings. The number of nitrogens with zero attached hydrogens (tertiary/aromatic N) is 1. The van der Waals surface area contributed by atoms with Crippen LogP contribution in [0.15, 0.2) is 80.4 Å². The van der Waals surface area contributed by atoms with E-state index >= 15 is 0 Å². The van der Waals surface area contributed by atoms with Crippen molar-refractivity contribution in [3.8, 4) is 17.1 Å². The van der Waals surface area contributed by atoms with Crippen LogP contribution in [-0.2, 0) is 0 Å². The second-order valence-corrected chi connectivity index (χ2v) is 7.94. The van der Waals surface area contributed by atoms with E-state index < -0.39 is 0 Å². The van der Waals surface area contributed by atoms with Gasteiger partial charge in [0, 0.05) is 17.3 Å². The van der Waals surface area contributed by atoms with Crippen molar-refractivity contribution in [2.75, 3.05) is 12.4 Å². The predicted molar refractivity (Wildman–Crippen MR) is 126 cm³/mol. The van der Waals surface area contributed by atoms with E-state index in [9.17, 15) is 4.79 Å². The molecule has 0 unspecified atom stereocenters. The molecule has 0 amide bonds. The predicted octanol–water partition coefficient (Wildman–Crippen LogP) is 6.48. The zero-order chi connectivity index (χ0) is 22.2. The summed E-state index contributed by atoms with van der Waals surface area (Å²) in [5.41, 5.74) is 4.80. The summed E-state index contributed by atoms with van der Waals surface area (Å²) in [7, 11) is 1.57. The first-order chi connectivity index (χ1) is 15.5. The van der Waals surface area contributed by atoms with Crippen molar-refractivity contribution in [2.45, 2.75) is 19.8 Å². The lowest BCUT2D eigenvalue weighted by Gasteiger charge is -2.06. The number of anilines is 2. The smallest absolute Gasteiger partial charge is 0.300 e. The topological polar surface area (TPSA) is 77.5 Å². The maximum atomic E-state index is 12.6. The third-order valence-corrected chi connectivity index (χ3v) is 5.43. The maximum Gasteiger partial charge on any atom is 0.300 e. The second kappa shape index (κ2) is 7.89. The van der Waals surface area contributed by atoms with Gasteiger partial charge in [0.05, 0.1) is 12.5 Å². The van der Waals surface area contributed by atoms with E-state index in [0.717, 1.165) is 22.4 Å². The Morgan fingerprint density at radius 2 is 1.69 bits per heavy atom. The summed E-state index contributed by atoms with van der Waals surface area (Å²) in [6, 6.07) is 20.7. The molecule has 0 fully saturated rings. The summed E-state index contributed by atoms with van der Waals surface area (Å²) < 4.78 is 17.0. The molecule has 32 heavy (non-hydrogen) atoms. The van der Waals surface area contributed by atoms with E-state index in [1.54, 1.807) is 25.3 Å². The van der Waals surface area contributed by atoms with Crippen LogP contribution in [0.3, 0.4) is 0 Å². The highest BCUT2D eigenvalue weighted by Crippen LogP contribution is 2.28. The van der Waals surface area contributed by atoms with Gasteiger partial charge >= 0.3 is 0 Å². The van der Waals surface area contributed by atoms with Gasteiger partial charge in [-0.1, -0.05) is 19.9 Å². The van der Waals surface area contributed by atoms with E-state index in [1.807, 2.05) is 30.3 Å². The van der Waals surface area contributed by atoms with Crippen molar-refractivity contribution in [1.82, 2.24) is 4.98 Å². The highest BCUT2D eigenvalue weighted by molar-refractivity contribution is 5.80. The van der Waals surface area contributed by atoms with Gasteiger partial charge in [-0.15, -0.1) is 0 Å². The number of nitrogens with one attached hydrogen (secondary N) is 1. The minimum atomic E-state index is -0.116. The van der Waals surface area contributed by atoms with Crippen LogP contribution >= 0.6 is 0 Å². The molecule has 2 aromatic heterocycles. The first-order valence-electron chi connectivity index (χ1n) is 10.4. The average molecular weight is 426 g/mol. The number of aromatic nitrogens is 1. The molecule has 0 saturated heterocycles. The summed E-state index contributed by atoms with van der Waals surface area (Å²) >= 11 is 0. The Morgan fingerprint density at radius 3 is 2.44 bits per heavy atom. The maximum absolute atomic E-state index is 12.6. The van der Waals surface area contributed by atoms with Gasteiger partial charge in [0.1, 0.15) is 22.6 Å². The van der Waals surface area contributed by atoms with Gasteiger partial charge in [-0.3, -0.25) is 4.79 Å². The minimum absolute atomic E-state index is 0.116. The Morgan fingerprint density at radius 1 is 0.906 bits per heavy atom. The summed E-state index contributed by atoms with van der Waals surface area (Å²) in [4.78, 5) is 17.1. The molecule has 5 aromatic rings. The number of hydrogen-bond acceptors (Lipinski definition) is 6. The van der Waals surface area contributed by atoms with Gasteiger partial charge in [0.25, 0.3) is 6.01 Å². The van der Waals surface area contributed by atoms with E-state index in [4.69, 9.17) is 13.6 Å². The fraction of sp³-hybridized carbons (Fsp3) is 0.154. The SMILES string of the molecule is COc1ccc2oc(-c3ccc(Nc4nc5cc(C(C)C)ccc5o4)cc3)cc(=O)c2c1. The molecule has 0 bridgehead atoms. The number of fused-ring (bicyclic) bond motifs is 2. The Hall–Kier alpha value is -4.06. The monoisotopic (exact) mass is 426 g/mol. The molecule has 0 spiro atoms. The van der Waals surface area contributed by atoms with Crippen LogP contribution in [0.5, 0.6) is 5.75 Å². The van der Waals surface area contributed by atoms with Crippen LogP contribution in [0.2, 0.25) is 0 Å². The Labute approximate surface area is 184 Å². The highest BCUT2D eigenvalue weighted by Gasteiger charge is 2.11. The number of oxazole rings is 1. The number of benzene rings is 3. The van der Waals surface area contributed by atoms with Gasteiger partial charge in [-0.05, 0) is 66.1 Å². The van der Waals surface area contributed by atoms with Crippen molar-refractivity contribution >= 4 is 33.8 Å². The first-order valence-corrected chi connectivity index (χ1v) is 10.4. The molecule has 0 aliphatic heterocycles. The minimum Gasteiger partial charge on any atom is -0.497 e. The summed E-state index contributed by atoms with van der Waals surface area (Å²) in [6.07, 6.45) is 0. The van der Waals surface area contributed by atoms with Crippen LogP contribution in [0.1, 0.15) is 25.3 Å². The molecule has 0 saturated carbocycles. The molecule has 3 aromatic carbocycles. The first kappa shape index (κ1) is 19.9. The number of hydrogen-bond donors (Lipinski definition) is 1. The second-order valence-electron chi connectivity index (χ2n) is 7.94. The van der Waals surface area contributed by atoms with Crippen molar-refractivity contribution < 1.29 is 13.6 Å². The molecule has 6 heteroatoms. The molecule has 2 heterocycles. The molecule has 1 N–H and O–H groups in total. The molecule has 160 valence electrons. The van der Waals surface area contributed by atoms with Crippen LogP contribution in [0, 0.1) is 0 Å². The molecule has 5 rings (SSSR count). The number of methoxy groups -OCH3 is 1. The third-order valence-electron chi connectivity index (χ3n) is 5.43. The third kappa shape index (κ3) is 3.71. The zero-order valence-corrected chi connectivity index (χ0v) is 18.0. The van der Waals surface area contributed by atoms with E-state index in [-0.39, 0.29) is 5.43 Å². The van der Waals surface area contributed by atoms with Crippen molar-refractivity contribution in [3.63, 3.8) is 0 Å². The van der Waals surface area contributed by atoms with E-state index in [2.05, 4.69) is 36.3 Å². The molecule has 6 nitrogen and oxygen atoms in total. The van der Waals surface area contributed by atoms with Crippen molar-refractivity contribution in [2.24, 2.45) is 0 Å². The lowest BCUT2D eigenvalue weighted by molar-refractivity contribution is 0.415. The van der Waals surface area contributed by atoms with Gasteiger partial charge in [-0.2, -0.15) is 4.98 Å². The van der Waals surface area contributed by atoms with Crippen molar-refractivity contribution in [3.05, 3.63) is 82.5 Å². The molecule has 0 aliphatic carbocycles. The van der Waals surface area contributed by atoms with Crippen molar-refractivity contribution in [1.29, 1.82) is 0 Å². The summed E-state index contributed by atoms with van der Waals surface area (Å²) in [6.45, 7) is 4.30. The number of rotatable bonds is 5. The Bertz CT molecular complexity index is 1480. The fourth-order valence-corrected chi connectivity index (χ4v) is 3.60. The normalized spacial score (nSPS) is 11.4. The average Bonchev–Trinajstić information content (AvgIpc) is 3.20. The van der Waals surface area contributed by atoms with Gasteiger partial charge < -0.3 is 18.9 Å². The van der Waals surface area contributed by atoms with E-state index in [0.29, 0.717) is 34.4 Å². The zero-order valence-electron chi connectivity index (χ0n) is 18.0. The van der Waals surface area contributed by atoms with Gasteiger partial charge in [0.2, 0.25) is 0 Å². The Kier molecular flexibility index (Phi) is 4.90. The van der Waals surface area contributed by atoms with E-state index in [1.165, 1.54) is 11.6 Å². The van der Waals surface area contributed by atoms with Gasteiger partial charge in [-0.25, -0.2) is 0 Å². The molecular weight excluding hydrogens is 404 g/mol. The van der Waals surface area contributed by atoms with Crippen LogP contribution in [0.4, 0.5) is 11.7 Å². The van der Waals surface area contributed by atoms with Crippen LogP contribution < -0.4 is 15.5 Å². The molecule has 0 atom stereocenters. The fourth-order valence-electron chi connectivity index (χ4n) is 3.60. The Balaban J connectivity index is 1.40. The summed E-state index contributed by atoms with van der Waals surface area (Å²) in [5.74, 6) is 1.55. The highest BCUT2D eigenvalue weighted by atomic mass is 16.5. The molecular formula is C26H22N2O4. The summed E-state index contributed by atoms with van der Waals surface area (Å²) in [5, 5.41) is 3.68. The van der Waals surface area contributed by atoms with Gasteiger partial charge in [0.15, 0.2) is 11.0 Å². The standard InChI is InChI=1S/C26H22N2O4/c1-15(2)17-6-10-24-21(12-17)28-26(32-24)27-18-7-4-16(5-8-18)25-14-22(29)20-13-19(30-3)9-11-23(20)31-25/h4-15H,1-3H3,(H,27,28). The molecule has 0 radical (unpaired) electrons. The van der Waals surface area contributed by atoms with Crippen LogP contribution in [-0.4, -0.2) is 12.1 Å².